The van der Waals surface area contributed by atoms with Crippen LogP contribution in [0, 0.1) is 0 Å². The van der Waals surface area contributed by atoms with Crippen LogP contribution in [0.4, 0.5) is 11.5 Å². The number of rotatable bonds is 5. The third kappa shape index (κ3) is 4.17. The molecule has 0 bridgehead atoms. The van der Waals surface area contributed by atoms with Crippen molar-refractivity contribution < 1.29 is 9.47 Å². The van der Waals surface area contributed by atoms with Gasteiger partial charge in [-0.15, -0.1) is 0 Å². The van der Waals surface area contributed by atoms with Crippen LogP contribution in [0.25, 0.3) is 11.0 Å². The number of nitrogen functional groups attached to an aromatic ring is 1. The molecule has 146 valence electrons. The molecule has 0 spiro atoms. The van der Waals surface area contributed by atoms with E-state index in [1.807, 2.05) is 6.07 Å². The predicted octanol–water partition coefficient (Wildman–Crippen LogP) is 3.47. The summed E-state index contributed by atoms with van der Waals surface area (Å²) in [6, 6.07) is 5.85. The number of nitrogens with zero attached hydrogens (tertiary/aromatic N) is 4. The lowest BCUT2D eigenvalue weighted by molar-refractivity contribution is 0.152. The first-order valence-electron chi connectivity index (χ1n) is 9.12. The Morgan fingerprint density at radius 2 is 1.86 bits per heavy atom. The van der Waals surface area contributed by atoms with Crippen LogP contribution in [0.3, 0.4) is 0 Å². The summed E-state index contributed by atoms with van der Waals surface area (Å²) in [5.74, 6) is 1.35. The van der Waals surface area contributed by atoms with E-state index in [1.54, 1.807) is 24.5 Å². The molecule has 1 aromatic carbocycles. The van der Waals surface area contributed by atoms with Crippen molar-refractivity contribution in [3.05, 3.63) is 35.7 Å². The summed E-state index contributed by atoms with van der Waals surface area (Å²) in [5, 5.41) is 3.75. The summed E-state index contributed by atoms with van der Waals surface area (Å²) in [5.41, 5.74) is 8.08. The molecule has 3 N–H and O–H groups in total. The number of hydrogen-bond acceptors (Lipinski definition) is 8. The Labute approximate surface area is 167 Å². The third-order valence-corrected chi connectivity index (χ3v) is 4.93. The summed E-state index contributed by atoms with van der Waals surface area (Å²) < 4.78 is 11.3. The van der Waals surface area contributed by atoms with Crippen LogP contribution in [0.2, 0.25) is 5.15 Å². The molecule has 9 heteroatoms. The molecular weight excluding hydrogens is 380 g/mol. The number of nitrogens with two attached hydrogens (primary N) is 1. The molecule has 1 aliphatic carbocycles. The summed E-state index contributed by atoms with van der Waals surface area (Å²) in [7, 11) is 1.52. The summed E-state index contributed by atoms with van der Waals surface area (Å²) in [6.45, 7) is 0. The van der Waals surface area contributed by atoms with Crippen LogP contribution < -0.4 is 20.5 Å². The lowest BCUT2D eigenvalue weighted by Gasteiger charge is -2.30. The van der Waals surface area contributed by atoms with E-state index >= 15 is 0 Å². The van der Waals surface area contributed by atoms with Crippen LogP contribution in [0.5, 0.6) is 11.8 Å². The van der Waals surface area contributed by atoms with E-state index in [0.29, 0.717) is 22.4 Å². The zero-order valence-corrected chi connectivity index (χ0v) is 16.2. The number of methoxy groups -OCH3 is 1. The number of halogens is 1. The van der Waals surface area contributed by atoms with Crippen molar-refractivity contribution in [1.82, 2.24) is 19.9 Å². The minimum Gasteiger partial charge on any atom is -0.488 e. The second kappa shape index (κ2) is 8.02. The summed E-state index contributed by atoms with van der Waals surface area (Å²) in [4.78, 5) is 17.0. The lowest BCUT2D eigenvalue weighted by Crippen LogP contribution is -2.31. The molecule has 3 aromatic rings. The minimum absolute atomic E-state index is 0.105. The van der Waals surface area contributed by atoms with Crippen molar-refractivity contribution in [3.8, 4) is 11.8 Å². The van der Waals surface area contributed by atoms with E-state index in [2.05, 4.69) is 25.3 Å². The first-order chi connectivity index (χ1) is 13.6. The first kappa shape index (κ1) is 18.5. The molecule has 1 aliphatic rings. The number of hydrogen-bond donors (Lipinski definition) is 2. The SMILES string of the molecule is COc1nc(Cl)cc(NC2CCC(Oc3cc(N)cc4nccnc34)CC2)n1. The topological polar surface area (TPSA) is 108 Å². The largest absolute Gasteiger partial charge is 0.488 e. The van der Waals surface area contributed by atoms with Crippen molar-refractivity contribution in [3.63, 3.8) is 0 Å². The zero-order valence-electron chi connectivity index (χ0n) is 15.4. The number of aromatic nitrogens is 4. The highest BCUT2D eigenvalue weighted by Crippen LogP contribution is 2.31. The van der Waals surface area contributed by atoms with Gasteiger partial charge in [-0.3, -0.25) is 4.98 Å². The van der Waals surface area contributed by atoms with Gasteiger partial charge in [0.25, 0.3) is 0 Å². The van der Waals surface area contributed by atoms with Crippen molar-refractivity contribution in [1.29, 1.82) is 0 Å². The predicted molar refractivity (Wildman–Crippen MR) is 108 cm³/mol. The van der Waals surface area contributed by atoms with Crippen molar-refractivity contribution in [2.45, 2.75) is 37.8 Å². The first-order valence-corrected chi connectivity index (χ1v) is 9.50. The molecule has 0 radical (unpaired) electrons. The van der Waals surface area contributed by atoms with Crippen LogP contribution in [-0.2, 0) is 0 Å². The molecule has 8 nitrogen and oxygen atoms in total. The maximum absolute atomic E-state index is 6.23. The highest BCUT2D eigenvalue weighted by atomic mass is 35.5. The monoisotopic (exact) mass is 400 g/mol. The Hall–Kier alpha value is -2.87. The average Bonchev–Trinajstić information content (AvgIpc) is 2.69. The smallest absolute Gasteiger partial charge is 0.319 e. The maximum Gasteiger partial charge on any atom is 0.319 e. The quantitative estimate of drug-likeness (QED) is 0.495. The lowest BCUT2D eigenvalue weighted by atomic mass is 9.93. The molecule has 2 aromatic heterocycles. The van der Waals surface area contributed by atoms with Gasteiger partial charge in [-0.2, -0.15) is 9.97 Å². The molecule has 0 amide bonds. The third-order valence-electron chi connectivity index (χ3n) is 4.74. The molecular formula is C19H21ClN6O2. The van der Waals surface area contributed by atoms with Gasteiger partial charge < -0.3 is 20.5 Å². The molecule has 0 atom stereocenters. The molecule has 0 unspecified atom stereocenters. The van der Waals surface area contributed by atoms with Crippen LogP contribution >= 0.6 is 11.6 Å². The fourth-order valence-corrected chi connectivity index (χ4v) is 3.60. The average molecular weight is 401 g/mol. The van der Waals surface area contributed by atoms with Gasteiger partial charge in [-0.1, -0.05) is 11.6 Å². The number of fused-ring (bicyclic) bond motifs is 1. The van der Waals surface area contributed by atoms with E-state index in [-0.39, 0.29) is 18.2 Å². The van der Waals surface area contributed by atoms with E-state index in [9.17, 15) is 0 Å². The Balaban J connectivity index is 1.39. The summed E-state index contributed by atoms with van der Waals surface area (Å²) >= 11 is 6.01. The van der Waals surface area contributed by atoms with Crippen molar-refractivity contribution >= 4 is 34.1 Å². The molecule has 2 heterocycles. The second-order valence-corrected chi connectivity index (χ2v) is 7.13. The van der Waals surface area contributed by atoms with Gasteiger partial charge in [-0.05, 0) is 31.7 Å². The standard InChI is InChI=1S/C19H21ClN6O2/c1-27-19-25-16(20)10-17(26-19)24-12-2-4-13(5-3-12)28-15-9-11(21)8-14-18(15)23-7-6-22-14/h6-10,12-13H,2-5,21H2,1H3,(H,24,25,26). The molecule has 0 aliphatic heterocycles. The Kier molecular flexibility index (Phi) is 5.29. The fourth-order valence-electron chi connectivity index (χ4n) is 3.43. The van der Waals surface area contributed by atoms with E-state index in [1.165, 1.54) is 7.11 Å². The van der Waals surface area contributed by atoms with Gasteiger partial charge in [0.05, 0.1) is 18.7 Å². The van der Waals surface area contributed by atoms with Gasteiger partial charge in [-0.25, -0.2) is 4.98 Å². The van der Waals surface area contributed by atoms with Crippen LogP contribution in [0.1, 0.15) is 25.7 Å². The Morgan fingerprint density at radius 3 is 2.64 bits per heavy atom. The van der Waals surface area contributed by atoms with Crippen molar-refractivity contribution in [2.24, 2.45) is 0 Å². The molecule has 0 saturated heterocycles. The summed E-state index contributed by atoms with van der Waals surface area (Å²) in [6.07, 6.45) is 7.12. The highest BCUT2D eigenvalue weighted by Gasteiger charge is 2.24. The van der Waals surface area contributed by atoms with E-state index < -0.39 is 0 Å². The van der Waals surface area contributed by atoms with Crippen LogP contribution in [0.15, 0.2) is 30.6 Å². The van der Waals surface area contributed by atoms with Gasteiger partial charge in [0.2, 0.25) is 0 Å². The molecule has 28 heavy (non-hydrogen) atoms. The minimum atomic E-state index is 0.105. The number of nitrogens with one attached hydrogen (secondary N) is 1. The number of anilines is 2. The fraction of sp³-hybridized carbons (Fsp3) is 0.368. The molecule has 1 fully saturated rings. The molecule has 1 saturated carbocycles. The van der Waals surface area contributed by atoms with E-state index in [0.717, 1.165) is 36.7 Å². The van der Waals surface area contributed by atoms with Gasteiger partial charge in [0.15, 0.2) is 0 Å². The number of benzene rings is 1. The Morgan fingerprint density at radius 1 is 1.07 bits per heavy atom. The highest BCUT2D eigenvalue weighted by molar-refractivity contribution is 6.29. The zero-order chi connectivity index (χ0) is 19.5. The normalized spacial score (nSPS) is 19.4. The number of ether oxygens (including phenoxy) is 2. The molecule has 4 rings (SSSR count). The van der Waals surface area contributed by atoms with Gasteiger partial charge in [0.1, 0.15) is 22.2 Å². The maximum atomic E-state index is 6.23. The van der Waals surface area contributed by atoms with Crippen LogP contribution in [-0.4, -0.2) is 39.2 Å². The Bertz CT molecular complexity index is 978. The van der Waals surface area contributed by atoms with Gasteiger partial charge >= 0.3 is 6.01 Å². The second-order valence-electron chi connectivity index (χ2n) is 6.74. The van der Waals surface area contributed by atoms with Gasteiger partial charge in [0, 0.05) is 36.3 Å². The van der Waals surface area contributed by atoms with Crippen molar-refractivity contribution in [2.75, 3.05) is 18.2 Å². The van der Waals surface area contributed by atoms with E-state index in [4.69, 9.17) is 26.8 Å².